The van der Waals surface area contributed by atoms with Crippen molar-refractivity contribution >= 4 is 6.09 Å². The molecule has 0 spiro atoms. The average molecular weight is 238 g/mol. The van der Waals surface area contributed by atoms with Gasteiger partial charge in [0.1, 0.15) is 5.60 Å². The van der Waals surface area contributed by atoms with E-state index in [-0.39, 0.29) is 6.09 Å². The number of carbonyl (C=O) groups excluding carboxylic acids is 1. The first-order valence-corrected chi connectivity index (χ1v) is 6.07. The van der Waals surface area contributed by atoms with E-state index in [4.69, 9.17) is 11.2 Å². The lowest BCUT2D eigenvalue weighted by Crippen LogP contribution is -2.42. The van der Waals surface area contributed by atoms with E-state index in [1.165, 1.54) is 0 Å². The molecule has 0 bridgehead atoms. The quantitative estimate of drug-likeness (QED) is 0.759. The molecule has 0 aromatic rings. The molecule has 1 heterocycles. The minimum Gasteiger partial charge on any atom is -0.444 e. The van der Waals surface area contributed by atoms with Gasteiger partial charge in [-0.15, -0.1) is 6.42 Å². The van der Waals surface area contributed by atoms with Crippen LogP contribution in [0.25, 0.3) is 0 Å². The molecule has 17 heavy (non-hydrogen) atoms. The predicted octanol–water partition coefficient (Wildman–Crippen LogP) is 1.61. The van der Waals surface area contributed by atoms with Crippen molar-refractivity contribution in [1.82, 2.24) is 10.2 Å². The Balaban J connectivity index is 2.30. The summed E-state index contributed by atoms with van der Waals surface area (Å²) in [7, 11) is 0. The number of nitrogens with one attached hydrogen (secondary N) is 1. The van der Waals surface area contributed by atoms with Gasteiger partial charge < -0.3 is 10.1 Å². The summed E-state index contributed by atoms with van der Waals surface area (Å²) >= 11 is 0. The SMILES string of the molecule is C#CCN1CCC[C@@H]1CNC(=O)OC(C)(C)C. The fraction of sp³-hybridized carbons (Fsp3) is 0.769. The minimum absolute atomic E-state index is 0.346. The van der Waals surface area contributed by atoms with Crippen LogP contribution in [0.2, 0.25) is 0 Å². The van der Waals surface area contributed by atoms with Crippen LogP contribution >= 0.6 is 0 Å². The van der Waals surface area contributed by atoms with Crippen molar-refractivity contribution in [3.63, 3.8) is 0 Å². The molecule has 0 radical (unpaired) electrons. The fourth-order valence-electron chi connectivity index (χ4n) is 1.97. The molecule has 1 aliphatic heterocycles. The first-order valence-electron chi connectivity index (χ1n) is 6.07. The van der Waals surface area contributed by atoms with Crippen LogP contribution in [0.3, 0.4) is 0 Å². The van der Waals surface area contributed by atoms with E-state index >= 15 is 0 Å². The number of ether oxygens (including phenoxy) is 1. The summed E-state index contributed by atoms with van der Waals surface area (Å²) in [5, 5.41) is 2.80. The van der Waals surface area contributed by atoms with Crippen LogP contribution in [0.4, 0.5) is 4.79 Å². The zero-order chi connectivity index (χ0) is 12.9. The Kier molecular flexibility index (Phi) is 4.83. The third-order valence-electron chi connectivity index (χ3n) is 2.67. The van der Waals surface area contributed by atoms with E-state index < -0.39 is 5.60 Å². The Hall–Kier alpha value is -1.21. The molecule has 96 valence electrons. The molecule has 4 heteroatoms. The summed E-state index contributed by atoms with van der Waals surface area (Å²) in [5.41, 5.74) is -0.446. The van der Waals surface area contributed by atoms with Gasteiger partial charge in [0.05, 0.1) is 6.54 Å². The van der Waals surface area contributed by atoms with E-state index in [1.54, 1.807) is 0 Å². The summed E-state index contributed by atoms with van der Waals surface area (Å²) in [6, 6.07) is 0.346. The molecule has 1 aliphatic rings. The summed E-state index contributed by atoms with van der Waals surface area (Å²) in [5.74, 6) is 2.65. The van der Waals surface area contributed by atoms with Gasteiger partial charge in [0.15, 0.2) is 0 Å². The van der Waals surface area contributed by atoms with Crippen LogP contribution < -0.4 is 5.32 Å². The number of terminal acetylenes is 1. The summed E-state index contributed by atoms with van der Waals surface area (Å²) in [6.07, 6.45) is 7.17. The second kappa shape index (κ2) is 5.92. The second-order valence-corrected chi connectivity index (χ2v) is 5.35. The van der Waals surface area contributed by atoms with Gasteiger partial charge in [-0.3, -0.25) is 4.90 Å². The maximum atomic E-state index is 11.5. The highest BCUT2D eigenvalue weighted by Crippen LogP contribution is 2.15. The smallest absolute Gasteiger partial charge is 0.407 e. The van der Waals surface area contributed by atoms with Gasteiger partial charge in [-0.1, -0.05) is 5.92 Å². The van der Waals surface area contributed by atoms with Gasteiger partial charge in [0.2, 0.25) is 0 Å². The molecule has 0 unspecified atom stereocenters. The number of hydrogen-bond donors (Lipinski definition) is 1. The predicted molar refractivity (Wildman–Crippen MR) is 67.7 cm³/mol. The van der Waals surface area contributed by atoms with Gasteiger partial charge in [0, 0.05) is 12.6 Å². The van der Waals surface area contributed by atoms with E-state index in [0.717, 1.165) is 19.4 Å². The largest absolute Gasteiger partial charge is 0.444 e. The molecule has 1 rings (SSSR count). The van der Waals surface area contributed by atoms with E-state index in [0.29, 0.717) is 19.1 Å². The van der Waals surface area contributed by atoms with Crippen LogP contribution in [0.5, 0.6) is 0 Å². The average Bonchev–Trinajstić information content (AvgIpc) is 2.60. The number of rotatable bonds is 3. The molecule has 1 atom stereocenters. The van der Waals surface area contributed by atoms with E-state index in [9.17, 15) is 4.79 Å². The zero-order valence-corrected chi connectivity index (χ0v) is 11.0. The minimum atomic E-state index is -0.446. The van der Waals surface area contributed by atoms with Crippen molar-refractivity contribution < 1.29 is 9.53 Å². The molecule has 1 fully saturated rings. The molecule has 1 N–H and O–H groups in total. The topological polar surface area (TPSA) is 41.6 Å². The molecular formula is C13H22N2O2. The standard InChI is InChI=1S/C13H22N2O2/c1-5-8-15-9-6-7-11(15)10-14-12(16)17-13(2,3)4/h1,11H,6-10H2,2-4H3,(H,14,16)/t11-/m1/s1. The van der Waals surface area contributed by atoms with Crippen molar-refractivity contribution in [3.8, 4) is 12.3 Å². The Labute approximate surface area is 104 Å². The van der Waals surface area contributed by atoms with Crippen molar-refractivity contribution in [2.24, 2.45) is 0 Å². The van der Waals surface area contributed by atoms with Crippen LogP contribution in [-0.4, -0.2) is 42.3 Å². The summed E-state index contributed by atoms with van der Waals surface area (Å²) < 4.78 is 5.18. The molecule has 4 nitrogen and oxygen atoms in total. The monoisotopic (exact) mass is 238 g/mol. The third kappa shape index (κ3) is 5.10. The molecule has 0 aliphatic carbocycles. The Morgan fingerprint density at radius 3 is 2.88 bits per heavy atom. The zero-order valence-electron chi connectivity index (χ0n) is 11.0. The summed E-state index contributed by atoms with van der Waals surface area (Å²) in [4.78, 5) is 13.7. The van der Waals surface area contributed by atoms with E-state index in [2.05, 4.69) is 16.1 Å². The Morgan fingerprint density at radius 1 is 1.59 bits per heavy atom. The van der Waals surface area contributed by atoms with Gasteiger partial charge in [-0.2, -0.15) is 0 Å². The molecule has 0 aromatic heterocycles. The maximum absolute atomic E-state index is 11.5. The van der Waals surface area contributed by atoms with Gasteiger partial charge in [-0.05, 0) is 40.2 Å². The highest BCUT2D eigenvalue weighted by molar-refractivity contribution is 5.67. The van der Waals surface area contributed by atoms with Crippen molar-refractivity contribution in [2.75, 3.05) is 19.6 Å². The van der Waals surface area contributed by atoms with Crippen molar-refractivity contribution in [1.29, 1.82) is 0 Å². The number of carbonyl (C=O) groups is 1. The lowest BCUT2D eigenvalue weighted by molar-refractivity contribution is 0.0515. The number of likely N-dealkylation sites (tertiary alicyclic amines) is 1. The van der Waals surface area contributed by atoms with Gasteiger partial charge in [0.25, 0.3) is 0 Å². The van der Waals surface area contributed by atoms with Crippen LogP contribution in [0, 0.1) is 12.3 Å². The second-order valence-electron chi connectivity index (χ2n) is 5.35. The van der Waals surface area contributed by atoms with E-state index in [1.807, 2.05) is 20.8 Å². The Bertz CT molecular complexity index is 302. The molecule has 0 saturated carbocycles. The molecule has 1 saturated heterocycles. The Morgan fingerprint density at radius 2 is 2.29 bits per heavy atom. The number of hydrogen-bond acceptors (Lipinski definition) is 3. The summed E-state index contributed by atoms with van der Waals surface area (Å²) in [6.45, 7) is 7.84. The number of amides is 1. The third-order valence-corrected chi connectivity index (χ3v) is 2.67. The van der Waals surface area contributed by atoms with Crippen molar-refractivity contribution in [3.05, 3.63) is 0 Å². The lowest BCUT2D eigenvalue weighted by Gasteiger charge is -2.24. The highest BCUT2D eigenvalue weighted by Gasteiger charge is 2.24. The van der Waals surface area contributed by atoms with Gasteiger partial charge >= 0.3 is 6.09 Å². The molecule has 0 aromatic carbocycles. The number of nitrogens with zero attached hydrogens (tertiary/aromatic N) is 1. The van der Waals surface area contributed by atoms with Crippen LogP contribution in [-0.2, 0) is 4.74 Å². The lowest BCUT2D eigenvalue weighted by atomic mass is 10.2. The van der Waals surface area contributed by atoms with Gasteiger partial charge in [-0.25, -0.2) is 4.79 Å². The normalized spacial score (nSPS) is 20.9. The molecule has 1 amide bonds. The maximum Gasteiger partial charge on any atom is 0.407 e. The first kappa shape index (κ1) is 13.9. The van der Waals surface area contributed by atoms with Crippen LogP contribution in [0.15, 0.2) is 0 Å². The van der Waals surface area contributed by atoms with Crippen molar-refractivity contribution in [2.45, 2.75) is 45.3 Å². The number of alkyl carbamates (subject to hydrolysis) is 1. The van der Waals surface area contributed by atoms with Crippen LogP contribution in [0.1, 0.15) is 33.6 Å². The highest BCUT2D eigenvalue weighted by atomic mass is 16.6. The first-order chi connectivity index (χ1) is 7.92. The fourth-order valence-corrected chi connectivity index (χ4v) is 1.97. The molecular weight excluding hydrogens is 216 g/mol.